The van der Waals surface area contributed by atoms with Gasteiger partial charge in [-0.3, -0.25) is 5.41 Å². The molecule has 0 saturated carbocycles. The Hall–Kier alpha value is -1.49. The summed E-state index contributed by atoms with van der Waals surface area (Å²) in [5, 5.41) is 8.11. The average Bonchev–Trinajstić information content (AvgIpc) is 2.78. The number of furan rings is 1. The van der Waals surface area contributed by atoms with Crippen molar-refractivity contribution in [3.05, 3.63) is 47.2 Å². The number of rotatable bonds is 2. The predicted octanol–water partition coefficient (Wildman–Crippen LogP) is 2.81. The van der Waals surface area contributed by atoms with Crippen LogP contribution in [-0.4, -0.2) is 5.84 Å². The molecule has 2 aromatic rings. The van der Waals surface area contributed by atoms with Crippen LogP contribution >= 0.6 is 24.0 Å². The molecule has 0 unspecified atom stereocenters. The molecule has 4 N–H and O–H groups in total. The van der Waals surface area contributed by atoms with Gasteiger partial charge in [-0.15, -0.1) is 12.4 Å². The van der Waals surface area contributed by atoms with Gasteiger partial charge in [0.15, 0.2) is 11.6 Å². The Balaban J connectivity index is 0.00000144. The molecule has 90 valence electrons. The van der Waals surface area contributed by atoms with Crippen LogP contribution in [-0.2, 0) is 0 Å². The van der Waals surface area contributed by atoms with Crippen molar-refractivity contribution in [2.45, 2.75) is 0 Å². The summed E-state index contributed by atoms with van der Waals surface area (Å²) in [5.41, 5.74) is 3.13. The van der Waals surface area contributed by atoms with E-state index in [1.807, 2.05) is 12.1 Å². The second-order valence-corrected chi connectivity index (χ2v) is 3.63. The number of nitrogens with two attached hydrogens (primary N) is 1. The van der Waals surface area contributed by atoms with Gasteiger partial charge in [-0.25, -0.2) is 5.84 Å². The van der Waals surface area contributed by atoms with Crippen molar-refractivity contribution >= 4 is 29.8 Å². The van der Waals surface area contributed by atoms with Gasteiger partial charge in [-0.2, -0.15) is 0 Å². The summed E-state index contributed by atoms with van der Waals surface area (Å²) in [6.07, 6.45) is 0. The zero-order valence-electron chi connectivity index (χ0n) is 8.74. The van der Waals surface area contributed by atoms with Gasteiger partial charge in [0.2, 0.25) is 0 Å². The monoisotopic (exact) mass is 271 g/mol. The smallest absolute Gasteiger partial charge is 0.176 e. The van der Waals surface area contributed by atoms with Gasteiger partial charge in [0.1, 0.15) is 5.76 Å². The number of hydrazine groups is 1. The summed E-state index contributed by atoms with van der Waals surface area (Å²) in [5.74, 6) is 6.23. The second-order valence-electron chi connectivity index (χ2n) is 3.19. The molecule has 17 heavy (non-hydrogen) atoms. The highest BCUT2D eigenvalue weighted by Gasteiger charge is 2.07. The zero-order chi connectivity index (χ0) is 11.5. The number of halogens is 2. The third-order valence-corrected chi connectivity index (χ3v) is 2.38. The fourth-order valence-corrected chi connectivity index (χ4v) is 1.44. The standard InChI is InChI=1S/C11H10ClN3O.ClH/c12-8-3-1-7(2-4-8)9-5-6-10(16-9)11(13)15-14;/h1-6H,14H2,(H2,13,15);1H. The Bertz CT molecular complexity index is 508. The second kappa shape index (κ2) is 5.72. The van der Waals surface area contributed by atoms with E-state index >= 15 is 0 Å². The summed E-state index contributed by atoms with van der Waals surface area (Å²) in [6.45, 7) is 0. The quantitative estimate of drug-likeness (QED) is 0.340. The van der Waals surface area contributed by atoms with Crippen LogP contribution in [0.3, 0.4) is 0 Å². The van der Waals surface area contributed by atoms with Gasteiger partial charge in [0.25, 0.3) is 0 Å². The molecule has 0 aliphatic rings. The van der Waals surface area contributed by atoms with Crippen LogP contribution in [0.4, 0.5) is 0 Å². The normalized spacial score (nSPS) is 9.53. The van der Waals surface area contributed by atoms with E-state index in [0.717, 1.165) is 5.56 Å². The van der Waals surface area contributed by atoms with Crippen molar-refractivity contribution < 1.29 is 4.42 Å². The van der Waals surface area contributed by atoms with Crippen LogP contribution < -0.4 is 11.3 Å². The van der Waals surface area contributed by atoms with E-state index in [1.165, 1.54) is 0 Å². The maximum atomic E-state index is 7.44. The SMILES string of the molecule is Cl.N=C(NN)c1ccc(-c2ccc(Cl)cc2)o1. The first-order chi connectivity index (χ1) is 7.70. The van der Waals surface area contributed by atoms with Crippen LogP contribution in [0.25, 0.3) is 11.3 Å². The number of hydrogen-bond acceptors (Lipinski definition) is 3. The molecule has 0 aliphatic heterocycles. The highest BCUT2D eigenvalue weighted by atomic mass is 35.5. The van der Waals surface area contributed by atoms with E-state index < -0.39 is 0 Å². The van der Waals surface area contributed by atoms with Gasteiger partial charge in [-0.05, 0) is 36.4 Å². The first kappa shape index (κ1) is 13.6. The molecule has 1 aromatic heterocycles. The lowest BCUT2D eigenvalue weighted by molar-refractivity contribution is 0.567. The Morgan fingerprint density at radius 1 is 1.18 bits per heavy atom. The maximum absolute atomic E-state index is 7.44. The molecule has 4 nitrogen and oxygen atoms in total. The average molecular weight is 272 g/mol. The van der Waals surface area contributed by atoms with Crippen molar-refractivity contribution in [2.75, 3.05) is 0 Å². The highest BCUT2D eigenvalue weighted by molar-refractivity contribution is 6.30. The molecule has 6 heteroatoms. The van der Waals surface area contributed by atoms with Crippen LogP contribution in [0, 0.1) is 5.41 Å². The van der Waals surface area contributed by atoms with Crippen LogP contribution in [0.2, 0.25) is 5.02 Å². The van der Waals surface area contributed by atoms with Gasteiger partial charge >= 0.3 is 0 Å². The number of benzene rings is 1. The van der Waals surface area contributed by atoms with Gasteiger partial charge < -0.3 is 9.84 Å². The van der Waals surface area contributed by atoms with E-state index in [1.54, 1.807) is 24.3 Å². The van der Waals surface area contributed by atoms with Gasteiger partial charge in [0.05, 0.1) is 0 Å². The van der Waals surface area contributed by atoms with Crippen molar-refractivity contribution in [3.63, 3.8) is 0 Å². The molecule has 1 aromatic carbocycles. The third-order valence-electron chi connectivity index (χ3n) is 2.13. The lowest BCUT2D eigenvalue weighted by Gasteiger charge is -1.98. The fourth-order valence-electron chi connectivity index (χ4n) is 1.31. The van der Waals surface area contributed by atoms with Gasteiger partial charge in [-0.1, -0.05) is 11.6 Å². The number of hydrogen-bond donors (Lipinski definition) is 3. The summed E-state index contributed by atoms with van der Waals surface area (Å²) in [4.78, 5) is 0. The summed E-state index contributed by atoms with van der Waals surface area (Å²) >= 11 is 5.79. The minimum Gasteiger partial charge on any atom is -0.453 e. The van der Waals surface area contributed by atoms with Crippen molar-refractivity contribution in [3.8, 4) is 11.3 Å². The molecule has 1 heterocycles. The number of nitrogens with one attached hydrogen (secondary N) is 2. The zero-order valence-corrected chi connectivity index (χ0v) is 10.3. The Morgan fingerprint density at radius 3 is 2.41 bits per heavy atom. The van der Waals surface area contributed by atoms with Crippen LogP contribution in [0.15, 0.2) is 40.8 Å². The third kappa shape index (κ3) is 3.00. The Morgan fingerprint density at radius 2 is 1.82 bits per heavy atom. The van der Waals surface area contributed by atoms with Gasteiger partial charge in [0, 0.05) is 10.6 Å². The van der Waals surface area contributed by atoms with Crippen LogP contribution in [0.5, 0.6) is 0 Å². The minimum atomic E-state index is 0. The molecule has 2 rings (SSSR count). The van der Waals surface area contributed by atoms with Crippen molar-refractivity contribution in [1.29, 1.82) is 5.41 Å². The molecule has 0 amide bonds. The molecule has 0 saturated heterocycles. The van der Waals surface area contributed by atoms with Crippen LogP contribution in [0.1, 0.15) is 5.76 Å². The minimum absolute atomic E-state index is 0. The molecule has 0 bridgehead atoms. The van der Waals surface area contributed by atoms with Crippen molar-refractivity contribution in [1.82, 2.24) is 5.43 Å². The summed E-state index contributed by atoms with van der Waals surface area (Å²) < 4.78 is 5.45. The predicted molar refractivity (Wildman–Crippen MR) is 70.6 cm³/mol. The molecule has 0 spiro atoms. The molecule has 0 fully saturated rings. The maximum Gasteiger partial charge on any atom is 0.176 e. The highest BCUT2D eigenvalue weighted by Crippen LogP contribution is 2.23. The van der Waals surface area contributed by atoms with E-state index in [2.05, 4.69) is 5.43 Å². The Labute approximate surface area is 110 Å². The van der Waals surface area contributed by atoms with E-state index in [0.29, 0.717) is 16.5 Å². The van der Waals surface area contributed by atoms with E-state index in [9.17, 15) is 0 Å². The number of amidine groups is 1. The summed E-state index contributed by atoms with van der Waals surface area (Å²) in [7, 11) is 0. The summed E-state index contributed by atoms with van der Waals surface area (Å²) in [6, 6.07) is 10.7. The first-order valence-corrected chi connectivity index (χ1v) is 5.00. The fraction of sp³-hybridized carbons (Fsp3) is 0. The van der Waals surface area contributed by atoms with Crippen molar-refractivity contribution in [2.24, 2.45) is 5.84 Å². The van der Waals surface area contributed by atoms with E-state index in [4.69, 9.17) is 27.3 Å². The van der Waals surface area contributed by atoms with E-state index in [-0.39, 0.29) is 18.2 Å². The molecular formula is C11H11Cl2N3O. The molecule has 0 atom stereocenters. The first-order valence-electron chi connectivity index (χ1n) is 4.62. The Kier molecular flexibility index (Phi) is 4.57. The lowest BCUT2D eigenvalue weighted by atomic mass is 10.2. The molecular weight excluding hydrogens is 261 g/mol. The molecule has 0 radical (unpaired) electrons. The topological polar surface area (TPSA) is 75.0 Å². The largest absolute Gasteiger partial charge is 0.453 e. The lowest BCUT2D eigenvalue weighted by Crippen LogP contribution is -2.29. The molecule has 0 aliphatic carbocycles.